The van der Waals surface area contributed by atoms with Crippen LogP contribution in [0.15, 0.2) is 27.8 Å². The van der Waals surface area contributed by atoms with Crippen LogP contribution in [0.4, 0.5) is 5.69 Å². The summed E-state index contributed by atoms with van der Waals surface area (Å²) in [5.41, 5.74) is 8.17. The van der Waals surface area contributed by atoms with E-state index in [2.05, 4.69) is 11.9 Å². The standard InChI is InChI=1S/C14H18N2OS/c1-9-3-2-4-11(7-9)18-14-16-12-8-10(15)5-6-13(12)17-14/h5-6,8-9,11H,2-4,7,15H2,1H3. The van der Waals surface area contributed by atoms with E-state index >= 15 is 0 Å². The number of aromatic nitrogens is 1. The first-order chi connectivity index (χ1) is 8.70. The second kappa shape index (κ2) is 4.84. The Morgan fingerprint density at radius 1 is 1.39 bits per heavy atom. The van der Waals surface area contributed by atoms with Crippen molar-refractivity contribution in [1.82, 2.24) is 4.98 Å². The fourth-order valence-corrected chi connectivity index (χ4v) is 3.89. The van der Waals surface area contributed by atoms with Crippen LogP contribution >= 0.6 is 11.8 Å². The van der Waals surface area contributed by atoms with E-state index in [1.165, 1.54) is 25.7 Å². The van der Waals surface area contributed by atoms with Crippen LogP contribution in [-0.4, -0.2) is 10.2 Å². The minimum atomic E-state index is 0.652. The highest BCUT2D eigenvalue weighted by Gasteiger charge is 2.21. The summed E-state index contributed by atoms with van der Waals surface area (Å²) in [4.78, 5) is 4.51. The number of rotatable bonds is 2. The third-order valence-electron chi connectivity index (χ3n) is 3.55. The van der Waals surface area contributed by atoms with Crippen molar-refractivity contribution >= 4 is 28.5 Å². The molecule has 3 rings (SSSR count). The van der Waals surface area contributed by atoms with Crippen molar-refractivity contribution in [1.29, 1.82) is 0 Å². The monoisotopic (exact) mass is 262 g/mol. The first-order valence-electron chi connectivity index (χ1n) is 6.53. The Bertz CT molecular complexity index is 552. The first-order valence-corrected chi connectivity index (χ1v) is 7.41. The van der Waals surface area contributed by atoms with E-state index in [0.29, 0.717) is 5.25 Å². The molecule has 96 valence electrons. The first kappa shape index (κ1) is 11.9. The van der Waals surface area contributed by atoms with Crippen LogP contribution in [-0.2, 0) is 0 Å². The van der Waals surface area contributed by atoms with Gasteiger partial charge >= 0.3 is 0 Å². The number of anilines is 1. The van der Waals surface area contributed by atoms with Gasteiger partial charge in [0.25, 0.3) is 5.22 Å². The summed E-state index contributed by atoms with van der Waals surface area (Å²) < 4.78 is 5.76. The molecule has 1 aromatic carbocycles. The molecule has 2 aromatic rings. The maximum absolute atomic E-state index is 5.76. The number of thioether (sulfide) groups is 1. The molecule has 3 nitrogen and oxygen atoms in total. The highest BCUT2D eigenvalue weighted by Crippen LogP contribution is 2.36. The van der Waals surface area contributed by atoms with Crippen molar-refractivity contribution in [3.05, 3.63) is 18.2 Å². The molecule has 0 saturated heterocycles. The van der Waals surface area contributed by atoms with Gasteiger partial charge in [-0.25, -0.2) is 4.98 Å². The van der Waals surface area contributed by atoms with Crippen molar-refractivity contribution in [3.63, 3.8) is 0 Å². The number of nitrogens with two attached hydrogens (primary N) is 1. The van der Waals surface area contributed by atoms with Crippen molar-refractivity contribution in [2.45, 2.75) is 43.1 Å². The molecule has 1 aromatic heterocycles. The maximum atomic E-state index is 5.76. The van der Waals surface area contributed by atoms with Gasteiger partial charge in [-0.2, -0.15) is 0 Å². The fourth-order valence-electron chi connectivity index (χ4n) is 2.60. The van der Waals surface area contributed by atoms with E-state index in [1.807, 2.05) is 18.2 Å². The summed E-state index contributed by atoms with van der Waals surface area (Å²) >= 11 is 1.78. The highest BCUT2D eigenvalue weighted by atomic mass is 32.2. The topological polar surface area (TPSA) is 52.0 Å². The van der Waals surface area contributed by atoms with E-state index in [9.17, 15) is 0 Å². The Morgan fingerprint density at radius 2 is 2.28 bits per heavy atom. The molecule has 1 heterocycles. The van der Waals surface area contributed by atoms with Gasteiger partial charge in [-0.3, -0.25) is 0 Å². The van der Waals surface area contributed by atoms with Crippen LogP contribution in [0.25, 0.3) is 11.1 Å². The highest BCUT2D eigenvalue weighted by molar-refractivity contribution is 7.99. The Hall–Kier alpha value is -1.16. The van der Waals surface area contributed by atoms with Gasteiger partial charge in [0.05, 0.1) is 0 Å². The quantitative estimate of drug-likeness (QED) is 0.828. The van der Waals surface area contributed by atoms with Gasteiger partial charge in [0.15, 0.2) is 5.58 Å². The Morgan fingerprint density at radius 3 is 3.11 bits per heavy atom. The van der Waals surface area contributed by atoms with Gasteiger partial charge in [0, 0.05) is 10.9 Å². The zero-order valence-electron chi connectivity index (χ0n) is 10.6. The molecule has 2 unspecified atom stereocenters. The molecule has 1 fully saturated rings. The molecule has 1 saturated carbocycles. The van der Waals surface area contributed by atoms with E-state index < -0.39 is 0 Å². The van der Waals surface area contributed by atoms with Crippen LogP contribution < -0.4 is 5.73 Å². The molecule has 0 amide bonds. The van der Waals surface area contributed by atoms with Crippen LogP contribution in [0.3, 0.4) is 0 Å². The molecule has 18 heavy (non-hydrogen) atoms. The van der Waals surface area contributed by atoms with Gasteiger partial charge in [-0.05, 0) is 37.0 Å². The molecule has 0 spiro atoms. The molecule has 4 heteroatoms. The average Bonchev–Trinajstić information content (AvgIpc) is 2.70. The molecular formula is C14H18N2OS. The summed E-state index contributed by atoms with van der Waals surface area (Å²) in [5, 5.41) is 1.44. The lowest BCUT2D eigenvalue weighted by Gasteiger charge is -2.24. The second-order valence-corrected chi connectivity index (χ2v) is 6.47. The molecule has 0 radical (unpaired) electrons. The molecular weight excluding hydrogens is 244 g/mol. The predicted molar refractivity (Wildman–Crippen MR) is 75.7 cm³/mol. The van der Waals surface area contributed by atoms with Gasteiger partial charge in [0.1, 0.15) is 5.52 Å². The van der Waals surface area contributed by atoms with E-state index in [0.717, 1.165) is 27.9 Å². The van der Waals surface area contributed by atoms with Gasteiger partial charge in [-0.1, -0.05) is 31.5 Å². The van der Waals surface area contributed by atoms with Crippen LogP contribution in [0.2, 0.25) is 0 Å². The lowest BCUT2D eigenvalue weighted by molar-refractivity contribution is 0.391. The summed E-state index contributed by atoms with van der Waals surface area (Å²) in [5.74, 6) is 0.830. The molecule has 1 aliphatic carbocycles. The van der Waals surface area contributed by atoms with Gasteiger partial charge < -0.3 is 10.2 Å². The fraction of sp³-hybridized carbons (Fsp3) is 0.500. The van der Waals surface area contributed by atoms with Crippen molar-refractivity contribution in [3.8, 4) is 0 Å². The minimum Gasteiger partial charge on any atom is -0.431 e. The number of hydrogen-bond donors (Lipinski definition) is 1. The zero-order valence-corrected chi connectivity index (χ0v) is 11.4. The summed E-state index contributed by atoms with van der Waals surface area (Å²) in [6.45, 7) is 2.33. The maximum Gasteiger partial charge on any atom is 0.257 e. The van der Waals surface area contributed by atoms with E-state index in [4.69, 9.17) is 10.2 Å². The Labute approximate surface area is 111 Å². The molecule has 2 N–H and O–H groups in total. The third-order valence-corrected chi connectivity index (χ3v) is 4.69. The Kier molecular flexibility index (Phi) is 3.20. The van der Waals surface area contributed by atoms with E-state index in [-0.39, 0.29) is 0 Å². The minimum absolute atomic E-state index is 0.652. The smallest absolute Gasteiger partial charge is 0.257 e. The molecule has 2 atom stereocenters. The number of fused-ring (bicyclic) bond motifs is 1. The van der Waals surface area contributed by atoms with Crippen molar-refractivity contribution in [2.75, 3.05) is 5.73 Å². The van der Waals surface area contributed by atoms with Gasteiger partial charge in [0.2, 0.25) is 0 Å². The summed E-state index contributed by atoms with van der Waals surface area (Å²) in [6, 6.07) is 5.61. The predicted octanol–water partition coefficient (Wildman–Crippen LogP) is 4.08. The Balaban J connectivity index is 1.78. The number of benzene rings is 1. The number of nitrogens with zero attached hydrogens (tertiary/aromatic N) is 1. The third kappa shape index (κ3) is 2.48. The largest absolute Gasteiger partial charge is 0.431 e. The number of nitrogen functional groups attached to an aromatic ring is 1. The average molecular weight is 262 g/mol. The van der Waals surface area contributed by atoms with E-state index in [1.54, 1.807) is 11.8 Å². The number of oxazole rings is 1. The lowest BCUT2D eigenvalue weighted by atomic mass is 9.91. The van der Waals surface area contributed by atoms with Crippen molar-refractivity contribution < 1.29 is 4.42 Å². The normalized spacial score (nSPS) is 24.5. The van der Waals surface area contributed by atoms with Crippen molar-refractivity contribution in [2.24, 2.45) is 5.92 Å². The SMILES string of the molecule is CC1CCCC(Sc2nc3cc(N)ccc3o2)C1. The van der Waals surface area contributed by atoms with Crippen LogP contribution in [0.1, 0.15) is 32.6 Å². The summed E-state index contributed by atoms with van der Waals surface area (Å²) in [7, 11) is 0. The molecule has 0 bridgehead atoms. The second-order valence-electron chi connectivity index (χ2n) is 5.22. The zero-order chi connectivity index (χ0) is 12.5. The number of hydrogen-bond acceptors (Lipinski definition) is 4. The summed E-state index contributed by atoms with van der Waals surface area (Å²) in [6.07, 6.45) is 5.23. The lowest BCUT2D eigenvalue weighted by Crippen LogP contribution is -2.14. The molecule has 1 aliphatic rings. The van der Waals surface area contributed by atoms with Crippen LogP contribution in [0.5, 0.6) is 0 Å². The van der Waals surface area contributed by atoms with Crippen LogP contribution in [0, 0.1) is 5.92 Å². The molecule has 0 aliphatic heterocycles. The van der Waals surface area contributed by atoms with Gasteiger partial charge in [-0.15, -0.1) is 0 Å².